The van der Waals surface area contributed by atoms with Crippen molar-refractivity contribution in [2.45, 2.75) is 6.42 Å². The molecular weight excluding hydrogens is 356 g/mol. The molecule has 1 aliphatic rings. The van der Waals surface area contributed by atoms with Gasteiger partial charge in [-0.25, -0.2) is 4.98 Å². The number of imidazole rings is 1. The average Bonchev–Trinajstić information content (AvgIpc) is 3.34. The van der Waals surface area contributed by atoms with E-state index >= 15 is 0 Å². The number of aromatic nitrogens is 2. The number of benzene rings is 1. The van der Waals surface area contributed by atoms with Crippen molar-refractivity contribution in [2.75, 3.05) is 26.2 Å². The van der Waals surface area contributed by atoms with Gasteiger partial charge in [0.05, 0.1) is 30.0 Å². The molecule has 1 aliphatic heterocycles. The number of hydrogen-bond acceptors (Lipinski definition) is 4. The maximum Gasteiger partial charge on any atom is 0.257 e. The van der Waals surface area contributed by atoms with Crippen LogP contribution in [0.1, 0.15) is 27.1 Å². The first-order valence-corrected chi connectivity index (χ1v) is 9.31. The van der Waals surface area contributed by atoms with Gasteiger partial charge in [0.1, 0.15) is 6.26 Å². The van der Waals surface area contributed by atoms with Crippen LogP contribution in [0.2, 0.25) is 0 Å². The molecule has 1 aromatic carbocycles. The Labute approximate surface area is 163 Å². The molecule has 144 valence electrons. The monoisotopic (exact) mass is 378 g/mol. The summed E-state index contributed by atoms with van der Waals surface area (Å²) in [6.45, 7) is 2.31. The maximum atomic E-state index is 12.9. The molecule has 7 nitrogen and oxygen atoms in total. The molecule has 1 fully saturated rings. The van der Waals surface area contributed by atoms with Gasteiger partial charge < -0.3 is 18.8 Å². The third-order valence-corrected chi connectivity index (χ3v) is 5.08. The minimum Gasteiger partial charge on any atom is -0.472 e. The molecule has 0 atom stereocenters. The van der Waals surface area contributed by atoms with Crippen LogP contribution >= 0.6 is 0 Å². The summed E-state index contributed by atoms with van der Waals surface area (Å²) in [7, 11) is 1.94. The van der Waals surface area contributed by atoms with Crippen LogP contribution in [-0.4, -0.2) is 57.3 Å². The highest BCUT2D eigenvalue weighted by Crippen LogP contribution is 2.20. The first kappa shape index (κ1) is 18.0. The quantitative estimate of drug-likeness (QED) is 0.702. The molecule has 0 saturated carbocycles. The lowest BCUT2D eigenvalue weighted by atomic mass is 10.1. The second-order valence-corrected chi connectivity index (χ2v) is 6.92. The third kappa shape index (κ3) is 3.55. The molecule has 2 aromatic heterocycles. The minimum absolute atomic E-state index is 0.00540. The molecular formula is C21H22N4O3. The Balaban J connectivity index is 1.42. The second-order valence-electron chi connectivity index (χ2n) is 6.92. The van der Waals surface area contributed by atoms with Crippen LogP contribution in [-0.2, 0) is 7.05 Å². The second kappa shape index (κ2) is 7.72. The van der Waals surface area contributed by atoms with E-state index in [9.17, 15) is 9.59 Å². The molecule has 0 spiro atoms. The molecule has 0 unspecified atom stereocenters. The molecule has 28 heavy (non-hydrogen) atoms. The summed E-state index contributed by atoms with van der Waals surface area (Å²) in [4.78, 5) is 33.1. The topological polar surface area (TPSA) is 71.6 Å². The Morgan fingerprint density at radius 3 is 2.18 bits per heavy atom. The Morgan fingerprint density at radius 1 is 0.929 bits per heavy atom. The number of carbonyl (C=O) groups is 2. The van der Waals surface area contributed by atoms with Gasteiger partial charge in [-0.15, -0.1) is 0 Å². The van der Waals surface area contributed by atoms with Crippen LogP contribution in [0.3, 0.4) is 0 Å². The van der Waals surface area contributed by atoms with Crippen molar-refractivity contribution < 1.29 is 14.0 Å². The number of aryl methyl sites for hydroxylation is 1. The van der Waals surface area contributed by atoms with E-state index in [0.29, 0.717) is 37.3 Å². The standard InChI is InChI=1S/C21H22N4O3/c1-23-15-22-13-19(23)16-3-5-17(6-4-16)20(26)24-8-2-9-25(11-10-24)21(27)18-7-12-28-14-18/h3-7,12-15H,2,8-11H2,1H3. The summed E-state index contributed by atoms with van der Waals surface area (Å²) in [5.41, 5.74) is 3.22. The summed E-state index contributed by atoms with van der Waals surface area (Å²) < 4.78 is 6.94. The van der Waals surface area contributed by atoms with Crippen molar-refractivity contribution in [3.63, 3.8) is 0 Å². The average molecular weight is 378 g/mol. The predicted octanol–water partition coefficient (Wildman–Crippen LogP) is 2.67. The van der Waals surface area contributed by atoms with E-state index in [-0.39, 0.29) is 11.8 Å². The smallest absolute Gasteiger partial charge is 0.257 e. The Kier molecular flexibility index (Phi) is 4.97. The predicted molar refractivity (Wildman–Crippen MR) is 104 cm³/mol. The van der Waals surface area contributed by atoms with Gasteiger partial charge in [-0.1, -0.05) is 12.1 Å². The van der Waals surface area contributed by atoms with Gasteiger partial charge in [-0.05, 0) is 30.2 Å². The van der Waals surface area contributed by atoms with Gasteiger partial charge in [-0.2, -0.15) is 0 Å². The number of nitrogens with zero attached hydrogens (tertiary/aromatic N) is 4. The Bertz CT molecular complexity index is 960. The molecule has 3 heterocycles. The molecule has 2 amide bonds. The molecule has 0 radical (unpaired) electrons. The Hall–Kier alpha value is -3.35. The SMILES string of the molecule is Cn1cncc1-c1ccc(C(=O)N2CCCN(C(=O)c3ccoc3)CC2)cc1. The van der Waals surface area contributed by atoms with Gasteiger partial charge >= 0.3 is 0 Å². The van der Waals surface area contributed by atoms with Gasteiger partial charge in [0.2, 0.25) is 0 Å². The van der Waals surface area contributed by atoms with Crippen molar-refractivity contribution in [3.05, 3.63) is 66.5 Å². The number of carbonyl (C=O) groups excluding carboxylic acids is 2. The minimum atomic E-state index is -0.0522. The molecule has 4 rings (SSSR count). The van der Waals surface area contributed by atoms with Crippen LogP contribution in [0.15, 0.2) is 59.8 Å². The van der Waals surface area contributed by atoms with Crippen LogP contribution in [0.4, 0.5) is 0 Å². The van der Waals surface area contributed by atoms with Crippen LogP contribution in [0.25, 0.3) is 11.3 Å². The number of furan rings is 1. The number of rotatable bonds is 3. The summed E-state index contributed by atoms with van der Waals surface area (Å²) in [5.74, 6) is -0.0576. The lowest BCUT2D eigenvalue weighted by Gasteiger charge is -2.22. The van der Waals surface area contributed by atoms with Crippen molar-refractivity contribution in [3.8, 4) is 11.3 Å². The lowest BCUT2D eigenvalue weighted by Crippen LogP contribution is -2.37. The van der Waals surface area contributed by atoms with E-state index in [1.165, 1.54) is 12.5 Å². The van der Waals surface area contributed by atoms with E-state index in [1.807, 2.05) is 40.8 Å². The lowest BCUT2D eigenvalue weighted by molar-refractivity contribution is 0.0718. The fraction of sp³-hybridized carbons (Fsp3) is 0.286. The van der Waals surface area contributed by atoms with Crippen molar-refractivity contribution in [2.24, 2.45) is 7.05 Å². The fourth-order valence-corrected chi connectivity index (χ4v) is 3.49. The van der Waals surface area contributed by atoms with Crippen molar-refractivity contribution >= 4 is 11.8 Å². The highest BCUT2D eigenvalue weighted by molar-refractivity contribution is 5.95. The normalized spacial score (nSPS) is 14.8. The summed E-state index contributed by atoms with van der Waals surface area (Å²) in [6.07, 6.45) is 7.26. The fourth-order valence-electron chi connectivity index (χ4n) is 3.49. The third-order valence-electron chi connectivity index (χ3n) is 5.08. The van der Waals surface area contributed by atoms with Crippen LogP contribution < -0.4 is 0 Å². The Morgan fingerprint density at radius 2 is 1.61 bits per heavy atom. The van der Waals surface area contributed by atoms with Gasteiger partial charge in [-0.3, -0.25) is 9.59 Å². The zero-order valence-electron chi connectivity index (χ0n) is 15.7. The number of hydrogen-bond donors (Lipinski definition) is 0. The first-order valence-electron chi connectivity index (χ1n) is 9.31. The van der Waals surface area contributed by atoms with E-state index in [0.717, 1.165) is 17.7 Å². The maximum absolute atomic E-state index is 12.9. The largest absolute Gasteiger partial charge is 0.472 e. The van der Waals surface area contributed by atoms with E-state index in [1.54, 1.807) is 23.5 Å². The van der Waals surface area contributed by atoms with Crippen molar-refractivity contribution in [1.82, 2.24) is 19.4 Å². The van der Waals surface area contributed by atoms with Crippen molar-refractivity contribution in [1.29, 1.82) is 0 Å². The number of amides is 2. The molecule has 7 heteroatoms. The first-order chi connectivity index (χ1) is 13.6. The van der Waals surface area contributed by atoms with E-state index < -0.39 is 0 Å². The van der Waals surface area contributed by atoms with E-state index in [4.69, 9.17) is 4.42 Å². The molecule has 0 aliphatic carbocycles. The zero-order valence-corrected chi connectivity index (χ0v) is 15.7. The zero-order chi connectivity index (χ0) is 19.5. The van der Waals surface area contributed by atoms with Crippen LogP contribution in [0, 0.1) is 0 Å². The molecule has 0 N–H and O–H groups in total. The summed E-state index contributed by atoms with van der Waals surface area (Å²) in [6, 6.07) is 9.25. The molecule has 3 aromatic rings. The van der Waals surface area contributed by atoms with E-state index in [2.05, 4.69) is 4.98 Å². The van der Waals surface area contributed by atoms with Crippen LogP contribution in [0.5, 0.6) is 0 Å². The van der Waals surface area contributed by atoms with Gasteiger partial charge in [0, 0.05) is 38.8 Å². The molecule has 0 bridgehead atoms. The summed E-state index contributed by atoms with van der Waals surface area (Å²) in [5, 5.41) is 0. The molecule has 1 saturated heterocycles. The summed E-state index contributed by atoms with van der Waals surface area (Å²) >= 11 is 0. The highest BCUT2D eigenvalue weighted by atomic mass is 16.3. The van der Waals surface area contributed by atoms with Gasteiger partial charge in [0.15, 0.2) is 0 Å². The van der Waals surface area contributed by atoms with Gasteiger partial charge in [0.25, 0.3) is 11.8 Å². The highest BCUT2D eigenvalue weighted by Gasteiger charge is 2.24.